The van der Waals surface area contributed by atoms with E-state index >= 15 is 0 Å². The summed E-state index contributed by atoms with van der Waals surface area (Å²) in [5.41, 5.74) is 0. The first-order valence-corrected chi connectivity index (χ1v) is 4.61. The van der Waals surface area contributed by atoms with Gasteiger partial charge in [-0.1, -0.05) is 0 Å². The van der Waals surface area contributed by atoms with Crippen molar-refractivity contribution in [2.24, 2.45) is 0 Å². The number of hydrogen-bond donors (Lipinski definition) is 1. The van der Waals surface area contributed by atoms with Gasteiger partial charge in [-0.2, -0.15) is 8.42 Å². The Hall–Kier alpha value is -0.490. The highest BCUT2D eigenvalue weighted by Crippen LogP contribution is 2.26. The monoisotopic (exact) mass is 376 g/mol. The molecule has 10 heteroatoms. The fraction of sp³-hybridized carbons (Fsp3) is 0. The highest BCUT2D eigenvalue weighted by molar-refractivity contribution is 14.0. The molecule has 0 saturated heterocycles. The maximum atomic E-state index is 12.6. The standard InChI is InChI=1S/C6HF5O3S.HI/c7-1-2(8)4(10)6(15(12,13)14)5(11)3(1)9;/h(H,12,13,14);1H. The predicted octanol–water partition coefficient (Wildman–Crippen LogP) is 2.25. The topological polar surface area (TPSA) is 54.4 Å². The molecule has 0 aliphatic carbocycles. The lowest BCUT2D eigenvalue weighted by Gasteiger charge is -2.04. The molecular formula is C6H2F5IO3S. The second kappa shape index (κ2) is 4.79. The fourth-order valence-corrected chi connectivity index (χ4v) is 1.44. The van der Waals surface area contributed by atoms with Gasteiger partial charge in [0.25, 0.3) is 0 Å². The quantitative estimate of drug-likeness (QED) is 0.269. The number of benzene rings is 1. The van der Waals surface area contributed by atoms with Gasteiger partial charge in [0.1, 0.15) is 0 Å². The average Bonchev–Trinajstić information content (AvgIpc) is 2.09. The Labute approximate surface area is 103 Å². The number of rotatable bonds is 1. The zero-order valence-electron chi connectivity index (χ0n) is 6.97. The van der Waals surface area contributed by atoms with Gasteiger partial charge in [0.2, 0.25) is 5.82 Å². The van der Waals surface area contributed by atoms with Crippen molar-refractivity contribution in [2.45, 2.75) is 4.90 Å². The zero-order chi connectivity index (χ0) is 12.0. The molecule has 92 valence electrons. The molecule has 0 atom stereocenters. The summed E-state index contributed by atoms with van der Waals surface area (Å²) in [6.07, 6.45) is 0. The molecule has 0 amide bonds. The van der Waals surface area contributed by atoms with Crippen LogP contribution in [-0.4, -0.2) is 13.0 Å². The molecule has 0 unspecified atom stereocenters. The van der Waals surface area contributed by atoms with Gasteiger partial charge in [-0.25, -0.2) is 22.0 Å². The highest BCUT2D eigenvalue weighted by atomic mass is 127. The molecule has 0 fully saturated rings. The summed E-state index contributed by atoms with van der Waals surface area (Å²) >= 11 is 0. The Morgan fingerprint density at radius 2 is 1.00 bits per heavy atom. The molecule has 1 N–H and O–H groups in total. The Balaban J connectivity index is 0.00000225. The third kappa shape index (κ3) is 2.43. The normalized spacial score (nSPS) is 11.1. The van der Waals surface area contributed by atoms with Crippen LogP contribution in [0.25, 0.3) is 0 Å². The Morgan fingerprint density at radius 3 is 1.25 bits per heavy atom. The molecule has 0 spiro atoms. The molecule has 1 aromatic carbocycles. The van der Waals surface area contributed by atoms with Gasteiger partial charge >= 0.3 is 10.1 Å². The molecule has 0 bridgehead atoms. The predicted molar refractivity (Wildman–Crippen MR) is 51.5 cm³/mol. The molecule has 0 aliphatic heterocycles. The number of hydrogen-bond acceptors (Lipinski definition) is 2. The smallest absolute Gasteiger partial charge is 0.282 e. The largest absolute Gasteiger partial charge is 0.300 e. The van der Waals surface area contributed by atoms with Crippen LogP contribution in [0.15, 0.2) is 4.90 Å². The third-order valence-corrected chi connectivity index (χ3v) is 2.30. The Kier molecular flexibility index (Phi) is 4.64. The van der Waals surface area contributed by atoms with E-state index in [-0.39, 0.29) is 24.0 Å². The summed E-state index contributed by atoms with van der Waals surface area (Å²) in [6, 6.07) is 0. The van der Waals surface area contributed by atoms with Gasteiger partial charge in [-0.15, -0.1) is 24.0 Å². The molecule has 1 aromatic rings. The average molecular weight is 376 g/mol. The van der Waals surface area contributed by atoms with Crippen LogP contribution in [0.2, 0.25) is 0 Å². The molecule has 3 nitrogen and oxygen atoms in total. The van der Waals surface area contributed by atoms with Gasteiger partial charge in [-0.3, -0.25) is 4.55 Å². The van der Waals surface area contributed by atoms with Crippen LogP contribution in [-0.2, 0) is 10.1 Å². The summed E-state index contributed by atoms with van der Waals surface area (Å²) in [5, 5.41) is 0. The maximum absolute atomic E-state index is 12.6. The van der Waals surface area contributed by atoms with Crippen LogP contribution >= 0.6 is 24.0 Å². The lowest BCUT2D eigenvalue weighted by molar-refractivity contribution is 0.352. The highest BCUT2D eigenvalue weighted by Gasteiger charge is 2.32. The second-order valence-electron chi connectivity index (χ2n) is 2.37. The molecule has 16 heavy (non-hydrogen) atoms. The SMILES string of the molecule is I.O=S(=O)(O)c1c(F)c(F)c(F)c(F)c1F. The van der Waals surface area contributed by atoms with Crippen LogP contribution in [0.1, 0.15) is 0 Å². The van der Waals surface area contributed by atoms with Gasteiger partial charge in [0.15, 0.2) is 28.2 Å². The van der Waals surface area contributed by atoms with Gasteiger partial charge < -0.3 is 0 Å². The van der Waals surface area contributed by atoms with E-state index in [1.165, 1.54) is 0 Å². The lowest BCUT2D eigenvalue weighted by Crippen LogP contribution is -2.11. The fourth-order valence-electron chi connectivity index (χ4n) is 0.811. The summed E-state index contributed by atoms with van der Waals surface area (Å²) in [7, 11) is -5.52. The van der Waals surface area contributed by atoms with Crippen molar-refractivity contribution in [3.8, 4) is 0 Å². The van der Waals surface area contributed by atoms with E-state index in [2.05, 4.69) is 0 Å². The maximum Gasteiger partial charge on any atom is 0.300 e. The van der Waals surface area contributed by atoms with E-state index in [4.69, 9.17) is 4.55 Å². The van der Waals surface area contributed by atoms with Crippen LogP contribution in [0, 0.1) is 29.1 Å². The van der Waals surface area contributed by atoms with Crippen molar-refractivity contribution in [1.82, 2.24) is 0 Å². The van der Waals surface area contributed by atoms with E-state index in [0.717, 1.165) is 0 Å². The molecule has 0 heterocycles. The van der Waals surface area contributed by atoms with E-state index < -0.39 is 44.1 Å². The van der Waals surface area contributed by atoms with Crippen molar-refractivity contribution in [3.63, 3.8) is 0 Å². The summed E-state index contributed by atoms with van der Waals surface area (Å²) in [4.78, 5) is -2.26. The van der Waals surface area contributed by atoms with E-state index in [9.17, 15) is 30.4 Å². The van der Waals surface area contributed by atoms with Crippen molar-refractivity contribution in [1.29, 1.82) is 0 Å². The second-order valence-corrected chi connectivity index (χ2v) is 3.73. The number of halogens is 6. The molecule has 0 aromatic heterocycles. The minimum Gasteiger partial charge on any atom is -0.282 e. The summed E-state index contributed by atoms with van der Waals surface area (Å²) in [6.45, 7) is 0. The first-order chi connectivity index (χ1) is 6.68. The molecule has 1 rings (SSSR count). The van der Waals surface area contributed by atoms with Crippen molar-refractivity contribution in [2.75, 3.05) is 0 Å². The van der Waals surface area contributed by atoms with Crippen molar-refractivity contribution < 1.29 is 34.9 Å². The van der Waals surface area contributed by atoms with Crippen LogP contribution in [0.4, 0.5) is 22.0 Å². The summed E-state index contributed by atoms with van der Waals surface area (Å²) < 4.78 is 91.3. The van der Waals surface area contributed by atoms with Gasteiger partial charge in [0, 0.05) is 0 Å². The molecule has 0 saturated carbocycles. The zero-order valence-corrected chi connectivity index (χ0v) is 10.1. The lowest BCUT2D eigenvalue weighted by atomic mass is 10.3. The first-order valence-electron chi connectivity index (χ1n) is 3.16. The minimum atomic E-state index is -5.52. The molecule has 0 radical (unpaired) electrons. The first kappa shape index (κ1) is 15.5. The Morgan fingerprint density at radius 1 is 0.750 bits per heavy atom. The van der Waals surface area contributed by atoms with Crippen molar-refractivity contribution in [3.05, 3.63) is 29.1 Å². The Bertz CT molecular complexity index is 500. The van der Waals surface area contributed by atoms with Gasteiger partial charge in [-0.05, 0) is 0 Å². The summed E-state index contributed by atoms with van der Waals surface area (Å²) in [5.74, 6) is -12.6. The van der Waals surface area contributed by atoms with Crippen LogP contribution < -0.4 is 0 Å². The minimum absolute atomic E-state index is 0. The van der Waals surface area contributed by atoms with Crippen molar-refractivity contribution >= 4 is 34.1 Å². The molecular weight excluding hydrogens is 374 g/mol. The third-order valence-electron chi connectivity index (χ3n) is 1.43. The van der Waals surface area contributed by atoms with Crippen LogP contribution in [0.3, 0.4) is 0 Å². The van der Waals surface area contributed by atoms with E-state index in [0.29, 0.717) is 0 Å². The van der Waals surface area contributed by atoms with Gasteiger partial charge in [0.05, 0.1) is 0 Å². The molecule has 0 aliphatic rings. The van der Waals surface area contributed by atoms with Crippen LogP contribution in [0.5, 0.6) is 0 Å². The van der Waals surface area contributed by atoms with E-state index in [1.54, 1.807) is 0 Å². The van der Waals surface area contributed by atoms with E-state index in [1.807, 2.05) is 0 Å².